The van der Waals surface area contributed by atoms with Crippen LogP contribution in [0.2, 0.25) is 0 Å². The zero-order valence-corrected chi connectivity index (χ0v) is 20.0. The maximum atomic E-state index is 11.9. The smallest absolute Gasteiger partial charge is 0.338 e. The highest BCUT2D eigenvalue weighted by Crippen LogP contribution is 2.25. The van der Waals surface area contributed by atoms with Gasteiger partial charge in [0.25, 0.3) is 0 Å². The Morgan fingerprint density at radius 2 is 1.80 bits per heavy atom. The number of nitrogens with one attached hydrogen (secondary N) is 1. The van der Waals surface area contributed by atoms with Crippen LogP contribution in [-0.2, 0) is 4.74 Å². The Hall–Kier alpha value is -3.76. The van der Waals surface area contributed by atoms with Crippen molar-refractivity contribution >= 4 is 23.6 Å². The van der Waals surface area contributed by atoms with Gasteiger partial charge >= 0.3 is 5.97 Å². The van der Waals surface area contributed by atoms with E-state index in [-0.39, 0.29) is 12.6 Å². The molecule has 2 N–H and O–H groups in total. The summed E-state index contributed by atoms with van der Waals surface area (Å²) in [6, 6.07) is 14.3. The van der Waals surface area contributed by atoms with Crippen molar-refractivity contribution in [1.29, 1.82) is 0 Å². The van der Waals surface area contributed by atoms with Gasteiger partial charge in [-0.25, -0.2) is 4.79 Å². The van der Waals surface area contributed by atoms with Crippen molar-refractivity contribution in [3.05, 3.63) is 59.9 Å². The summed E-state index contributed by atoms with van der Waals surface area (Å²) in [6.07, 6.45) is 0. The predicted octanol–water partition coefficient (Wildman–Crippen LogP) is 3.01. The van der Waals surface area contributed by atoms with Crippen LogP contribution in [0.25, 0.3) is 0 Å². The lowest BCUT2D eigenvalue weighted by Crippen LogP contribution is -2.47. The Balaban J connectivity index is 1.39. The molecule has 1 saturated heterocycles. The van der Waals surface area contributed by atoms with E-state index in [0.717, 1.165) is 31.9 Å². The Kier molecular flexibility index (Phi) is 8.07. The van der Waals surface area contributed by atoms with Gasteiger partial charge in [0.1, 0.15) is 17.3 Å². The van der Waals surface area contributed by atoms with Gasteiger partial charge in [-0.15, -0.1) is 0 Å². The second kappa shape index (κ2) is 11.6. The van der Waals surface area contributed by atoms with Crippen molar-refractivity contribution in [2.45, 2.75) is 13.8 Å². The van der Waals surface area contributed by atoms with Crippen molar-refractivity contribution in [2.24, 2.45) is 0 Å². The largest absolute Gasteiger partial charge is 0.462 e. The molecule has 10 heteroatoms. The number of β-amino-alcohol motifs (C(OH)–C–C–N with tert-alkyl or cyclic N) is 1. The molecule has 0 saturated carbocycles. The van der Waals surface area contributed by atoms with Crippen molar-refractivity contribution < 1.29 is 19.4 Å². The third-order valence-electron chi connectivity index (χ3n) is 5.50. The third-order valence-corrected chi connectivity index (χ3v) is 5.50. The molecule has 1 fully saturated rings. The molecule has 0 spiro atoms. The third kappa shape index (κ3) is 6.65. The SMILES string of the molecule is CCOC(=O)c1cccc(Oc2ccc(Nc3nc(C)nc(N4CCN(CCO)CC4)n3)cc2)c1. The molecule has 35 heavy (non-hydrogen) atoms. The predicted molar refractivity (Wildman–Crippen MR) is 132 cm³/mol. The number of carbonyl (C=O) groups is 1. The molecular formula is C25H30N6O4. The van der Waals surface area contributed by atoms with Crippen LogP contribution in [0.15, 0.2) is 48.5 Å². The van der Waals surface area contributed by atoms with E-state index in [1.54, 1.807) is 31.2 Å². The van der Waals surface area contributed by atoms with Gasteiger partial charge in [0, 0.05) is 38.4 Å². The number of aromatic nitrogens is 3. The number of hydrogen-bond acceptors (Lipinski definition) is 10. The normalized spacial score (nSPS) is 14.0. The van der Waals surface area contributed by atoms with Gasteiger partial charge in [-0.3, -0.25) is 4.90 Å². The first kappa shape index (κ1) is 24.4. The Labute approximate surface area is 204 Å². The first-order valence-electron chi connectivity index (χ1n) is 11.7. The molecule has 0 bridgehead atoms. The lowest BCUT2D eigenvalue weighted by Gasteiger charge is -2.34. The number of benzene rings is 2. The highest BCUT2D eigenvalue weighted by atomic mass is 16.5. The van der Waals surface area contributed by atoms with Crippen LogP contribution < -0.4 is 15.0 Å². The lowest BCUT2D eigenvalue weighted by molar-refractivity contribution is 0.0526. The van der Waals surface area contributed by atoms with Gasteiger partial charge < -0.3 is 24.8 Å². The molecule has 2 aromatic carbocycles. The first-order chi connectivity index (χ1) is 17.0. The van der Waals surface area contributed by atoms with Crippen molar-refractivity contribution in [1.82, 2.24) is 19.9 Å². The summed E-state index contributed by atoms with van der Waals surface area (Å²) in [5, 5.41) is 12.4. The Bertz CT molecular complexity index is 1130. The Morgan fingerprint density at radius 1 is 1.03 bits per heavy atom. The number of esters is 1. The van der Waals surface area contributed by atoms with Crippen molar-refractivity contribution in [3.63, 3.8) is 0 Å². The summed E-state index contributed by atoms with van der Waals surface area (Å²) in [7, 11) is 0. The zero-order valence-electron chi connectivity index (χ0n) is 20.0. The maximum absolute atomic E-state index is 11.9. The summed E-state index contributed by atoms with van der Waals surface area (Å²) in [5.74, 6) is 2.55. The molecule has 184 valence electrons. The fraction of sp³-hybridized carbons (Fsp3) is 0.360. The van der Waals surface area contributed by atoms with Gasteiger partial charge in [0.2, 0.25) is 11.9 Å². The highest BCUT2D eigenvalue weighted by Gasteiger charge is 2.19. The molecule has 0 radical (unpaired) electrons. The lowest BCUT2D eigenvalue weighted by atomic mass is 10.2. The topological polar surface area (TPSA) is 113 Å². The second-order valence-electron chi connectivity index (χ2n) is 8.06. The molecule has 4 rings (SSSR count). The van der Waals surface area contributed by atoms with Crippen LogP contribution in [0.4, 0.5) is 17.6 Å². The number of aliphatic hydroxyl groups is 1. The zero-order chi connectivity index (χ0) is 24.6. The molecule has 0 atom stereocenters. The number of rotatable bonds is 9. The van der Waals surface area contributed by atoms with Gasteiger partial charge in [-0.05, 0) is 56.3 Å². The molecule has 2 heterocycles. The summed E-state index contributed by atoms with van der Waals surface area (Å²) in [5.41, 5.74) is 1.25. The highest BCUT2D eigenvalue weighted by molar-refractivity contribution is 5.89. The maximum Gasteiger partial charge on any atom is 0.338 e. The van der Waals surface area contributed by atoms with E-state index in [9.17, 15) is 4.79 Å². The quantitative estimate of drug-likeness (QED) is 0.445. The number of hydrogen-bond donors (Lipinski definition) is 2. The fourth-order valence-electron chi connectivity index (χ4n) is 3.75. The second-order valence-corrected chi connectivity index (χ2v) is 8.06. The average Bonchev–Trinajstić information content (AvgIpc) is 2.86. The van der Waals surface area contributed by atoms with Gasteiger partial charge in [0.05, 0.1) is 18.8 Å². The molecule has 0 unspecified atom stereocenters. The summed E-state index contributed by atoms with van der Waals surface area (Å²) in [6.45, 7) is 8.11. The first-order valence-corrected chi connectivity index (χ1v) is 11.7. The summed E-state index contributed by atoms with van der Waals surface area (Å²) >= 11 is 0. The van der Waals surface area contributed by atoms with E-state index in [1.165, 1.54) is 0 Å². The molecule has 3 aromatic rings. The number of carbonyl (C=O) groups excluding carboxylic acids is 1. The summed E-state index contributed by atoms with van der Waals surface area (Å²) < 4.78 is 10.9. The molecule has 0 amide bonds. The number of anilines is 3. The van der Waals surface area contributed by atoms with E-state index in [1.807, 2.05) is 31.2 Å². The van der Waals surface area contributed by atoms with E-state index in [0.29, 0.717) is 47.9 Å². The van der Waals surface area contributed by atoms with Crippen LogP contribution in [0.1, 0.15) is 23.1 Å². The number of piperazine rings is 1. The van der Waals surface area contributed by atoms with Crippen LogP contribution in [0.3, 0.4) is 0 Å². The Morgan fingerprint density at radius 3 is 2.51 bits per heavy atom. The molecular weight excluding hydrogens is 448 g/mol. The van der Waals surface area contributed by atoms with Crippen molar-refractivity contribution in [2.75, 3.05) is 56.2 Å². The summed E-state index contributed by atoms with van der Waals surface area (Å²) in [4.78, 5) is 29.8. The van der Waals surface area contributed by atoms with Crippen LogP contribution in [-0.4, -0.2) is 76.9 Å². The van der Waals surface area contributed by atoms with Crippen molar-refractivity contribution in [3.8, 4) is 11.5 Å². The number of aliphatic hydroxyl groups excluding tert-OH is 1. The van der Waals surface area contributed by atoms with Gasteiger partial charge in [-0.2, -0.15) is 15.0 Å². The van der Waals surface area contributed by atoms with E-state index in [2.05, 4.69) is 30.1 Å². The minimum Gasteiger partial charge on any atom is -0.462 e. The standard InChI is InChI=1S/C25H30N6O4/c1-3-34-23(33)19-5-4-6-22(17-19)35-21-9-7-20(8-10-21)28-24-26-18(2)27-25(29-24)31-13-11-30(12-14-31)15-16-32/h4-10,17,32H,3,11-16H2,1-2H3,(H,26,27,28,29). The number of nitrogens with zero attached hydrogens (tertiary/aromatic N) is 5. The molecule has 1 aliphatic heterocycles. The molecule has 10 nitrogen and oxygen atoms in total. The minimum atomic E-state index is -0.378. The molecule has 1 aliphatic rings. The minimum absolute atomic E-state index is 0.169. The number of aryl methyl sites for hydroxylation is 1. The number of ether oxygens (including phenoxy) is 2. The van der Waals surface area contributed by atoms with Crippen LogP contribution in [0, 0.1) is 6.92 Å². The van der Waals surface area contributed by atoms with Crippen LogP contribution >= 0.6 is 0 Å². The van der Waals surface area contributed by atoms with Gasteiger partial charge in [0.15, 0.2) is 0 Å². The van der Waals surface area contributed by atoms with Crippen LogP contribution in [0.5, 0.6) is 11.5 Å². The van der Waals surface area contributed by atoms with E-state index in [4.69, 9.17) is 14.6 Å². The monoisotopic (exact) mass is 478 g/mol. The fourth-order valence-corrected chi connectivity index (χ4v) is 3.75. The van der Waals surface area contributed by atoms with E-state index >= 15 is 0 Å². The molecule has 1 aromatic heterocycles. The average molecular weight is 479 g/mol. The molecule has 0 aliphatic carbocycles. The van der Waals surface area contributed by atoms with E-state index < -0.39 is 0 Å². The van der Waals surface area contributed by atoms with Gasteiger partial charge in [-0.1, -0.05) is 6.07 Å².